The van der Waals surface area contributed by atoms with Gasteiger partial charge in [-0.05, 0) is 41.4 Å². The lowest BCUT2D eigenvalue weighted by molar-refractivity contribution is 0.415. The molecule has 0 radical (unpaired) electrons. The molecule has 2 aromatic carbocycles. The highest BCUT2D eigenvalue weighted by atomic mass is 35.5. The third-order valence-electron chi connectivity index (χ3n) is 2.57. The van der Waals surface area contributed by atoms with Gasteiger partial charge in [0.2, 0.25) is 0 Å². The van der Waals surface area contributed by atoms with Gasteiger partial charge in [0, 0.05) is 0 Å². The van der Waals surface area contributed by atoms with Gasteiger partial charge in [-0.25, -0.2) is 0 Å². The minimum absolute atomic E-state index is 0. The molecule has 3 heteroatoms. The molecule has 2 nitrogen and oxygen atoms in total. The number of benzene rings is 2. The van der Waals surface area contributed by atoms with Crippen molar-refractivity contribution in [1.29, 1.82) is 0 Å². The molecule has 0 unspecified atom stereocenters. The zero-order valence-electron chi connectivity index (χ0n) is 9.27. The zero-order valence-corrected chi connectivity index (χ0v) is 10.1. The predicted molar refractivity (Wildman–Crippen MR) is 70.5 cm³/mol. The van der Waals surface area contributed by atoms with Crippen LogP contribution in [0.4, 0.5) is 0 Å². The molecule has 0 aromatic heterocycles. The van der Waals surface area contributed by atoms with Crippen molar-refractivity contribution in [2.24, 2.45) is 5.73 Å². The van der Waals surface area contributed by atoms with Gasteiger partial charge in [0.05, 0.1) is 7.11 Å². The Bertz CT molecular complexity index is 470. The van der Waals surface area contributed by atoms with E-state index in [-0.39, 0.29) is 12.4 Å². The Morgan fingerprint density at radius 2 is 1.94 bits per heavy atom. The van der Waals surface area contributed by atoms with E-state index in [2.05, 4.69) is 30.3 Å². The van der Waals surface area contributed by atoms with Crippen LogP contribution in [-0.2, 0) is 6.42 Å². The van der Waals surface area contributed by atoms with E-state index in [1.54, 1.807) is 7.11 Å². The highest BCUT2D eigenvalue weighted by Gasteiger charge is 2.03. The number of hydrogen-bond donors (Lipinski definition) is 1. The third kappa shape index (κ3) is 2.46. The molecular formula is C13H16ClNO. The number of halogens is 1. The van der Waals surface area contributed by atoms with Crippen molar-refractivity contribution in [2.75, 3.05) is 13.7 Å². The van der Waals surface area contributed by atoms with Gasteiger partial charge < -0.3 is 10.5 Å². The van der Waals surface area contributed by atoms with Crippen LogP contribution in [0, 0.1) is 0 Å². The van der Waals surface area contributed by atoms with Crippen LogP contribution < -0.4 is 10.5 Å². The van der Waals surface area contributed by atoms with Crippen LogP contribution >= 0.6 is 12.4 Å². The molecule has 0 aliphatic heterocycles. The Morgan fingerprint density at radius 1 is 1.19 bits per heavy atom. The molecule has 0 atom stereocenters. The van der Waals surface area contributed by atoms with Crippen LogP contribution in [0.25, 0.3) is 10.8 Å². The van der Waals surface area contributed by atoms with Crippen LogP contribution in [0.5, 0.6) is 5.75 Å². The Labute approximate surface area is 102 Å². The van der Waals surface area contributed by atoms with E-state index < -0.39 is 0 Å². The van der Waals surface area contributed by atoms with Crippen molar-refractivity contribution >= 4 is 23.2 Å². The average molecular weight is 238 g/mol. The summed E-state index contributed by atoms with van der Waals surface area (Å²) in [5, 5.41) is 2.48. The molecular weight excluding hydrogens is 222 g/mol. The van der Waals surface area contributed by atoms with E-state index in [4.69, 9.17) is 10.5 Å². The summed E-state index contributed by atoms with van der Waals surface area (Å²) >= 11 is 0. The molecule has 16 heavy (non-hydrogen) atoms. The van der Waals surface area contributed by atoms with Crippen molar-refractivity contribution < 1.29 is 4.74 Å². The first-order chi connectivity index (χ1) is 7.35. The summed E-state index contributed by atoms with van der Waals surface area (Å²) in [4.78, 5) is 0. The van der Waals surface area contributed by atoms with E-state index in [9.17, 15) is 0 Å². The molecule has 86 valence electrons. The third-order valence-corrected chi connectivity index (χ3v) is 2.57. The maximum Gasteiger partial charge on any atom is 0.119 e. The van der Waals surface area contributed by atoms with Gasteiger partial charge in [-0.2, -0.15) is 0 Å². The zero-order chi connectivity index (χ0) is 10.7. The highest BCUT2D eigenvalue weighted by Crippen LogP contribution is 2.25. The van der Waals surface area contributed by atoms with Gasteiger partial charge in [0.15, 0.2) is 0 Å². The second kappa shape index (κ2) is 5.73. The van der Waals surface area contributed by atoms with Gasteiger partial charge in [-0.3, -0.25) is 0 Å². The van der Waals surface area contributed by atoms with E-state index in [1.807, 2.05) is 6.07 Å². The van der Waals surface area contributed by atoms with Crippen LogP contribution in [0.2, 0.25) is 0 Å². The molecule has 0 spiro atoms. The fourth-order valence-corrected chi connectivity index (χ4v) is 1.84. The van der Waals surface area contributed by atoms with Crippen LogP contribution in [0.15, 0.2) is 36.4 Å². The smallest absolute Gasteiger partial charge is 0.119 e. The average Bonchev–Trinajstić information content (AvgIpc) is 2.29. The van der Waals surface area contributed by atoms with Crippen LogP contribution in [0.3, 0.4) is 0 Å². The van der Waals surface area contributed by atoms with Crippen LogP contribution in [0.1, 0.15) is 5.56 Å². The van der Waals surface area contributed by atoms with Crippen molar-refractivity contribution in [3.05, 3.63) is 42.0 Å². The topological polar surface area (TPSA) is 35.2 Å². The van der Waals surface area contributed by atoms with E-state index in [0.717, 1.165) is 12.2 Å². The summed E-state index contributed by atoms with van der Waals surface area (Å²) < 4.78 is 5.27. The first-order valence-corrected chi connectivity index (χ1v) is 5.11. The summed E-state index contributed by atoms with van der Waals surface area (Å²) in [7, 11) is 1.69. The Hall–Kier alpha value is -1.25. The lowest BCUT2D eigenvalue weighted by Gasteiger charge is -2.08. The Kier molecular flexibility index (Phi) is 4.59. The number of hydrogen-bond acceptors (Lipinski definition) is 2. The molecule has 0 saturated heterocycles. The van der Waals surface area contributed by atoms with Crippen molar-refractivity contribution in [1.82, 2.24) is 0 Å². The van der Waals surface area contributed by atoms with Crippen molar-refractivity contribution in [3.8, 4) is 5.75 Å². The van der Waals surface area contributed by atoms with E-state index in [1.165, 1.54) is 16.3 Å². The largest absolute Gasteiger partial charge is 0.497 e. The molecule has 0 bridgehead atoms. The van der Waals surface area contributed by atoms with Gasteiger partial charge >= 0.3 is 0 Å². The van der Waals surface area contributed by atoms with Gasteiger partial charge in [0.1, 0.15) is 5.75 Å². The van der Waals surface area contributed by atoms with Gasteiger partial charge in [0.25, 0.3) is 0 Å². The maximum absolute atomic E-state index is 5.60. The molecule has 2 N–H and O–H groups in total. The summed E-state index contributed by atoms with van der Waals surface area (Å²) in [5.74, 6) is 0.900. The number of rotatable bonds is 3. The first kappa shape index (κ1) is 12.8. The lowest BCUT2D eigenvalue weighted by Crippen LogP contribution is -2.03. The molecule has 0 amide bonds. The summed E-state index contributed by atoms with van der Waals surface area (Å²) in [5.41, 5.74) is 6.86. The Balaban J connectivity index is 0.00000128. The monoisotopic (exact) mass is 237 g/mol. The quantitative estimate of drug-likeness (QED) is 0.891. The SMILES string of the molecule is COc1cc(CCN)c2ccccc2c1.Cl. The highest BCUT2D eigenvalue weighted by molar-refractivity contribution is 5.87. The molecule has 0 saturated carbocycles. The summed E-state index contributed by atoms with van der Waals surface area (Å²) in [6, 6.07) is 12.4. The second-order valence-electron chi connectivity index (χ2n) is 3.55. The minimum Gasteiger partial charge on any atom is -0.497 e. The second-order valence-corrected chi connectivity index (χ2v) is 3.55. The summed E-state index contributed by atoms with van der Waals surface area (Å²) in [6.45, 7) is 0.664. The molecule has 0 aliphatic carbocycles. The van der Waals surface area contributed by atoms with Crippen molar-refractivity contribution in [2.45, 2.75) is 6.42 Å². The van der Waals surface area contributed by atoms with Gasteiger partial charge in [-0.1, -0.05) is 24.3 Å². The lowest BCUT2D eigenvalue weighted by atomic mass is 10.0. The van der Waals surface area contributed by atoms with Gasteiger partial charge in [-0.15, -0.1) is 12.4 Å². The molecule has 0 heterocycles. The molecule has 2 aromatic rings. The van der Waals surface area contributed by atoms with E-state index in [0.29, 0.717) is 6.54 Å². The Morgan fingerprint density at radius 3 is 2.62 bits per heavy atom. The number of methoxy groups -OCH3 is 1. The standard InChI is InChI=1S/C13H15NO.ClH/c1-15-12-8-10-4-2-3-5-13(10)11(9-12)6-7-14;/h2-5,8-9H,6-7,14H2,1H3;1H. The molecule has 2 rings (SSSR count). The normalized spacial score (nSPS) is 9.88. The molecule has 0 fully saturated rings. The maximum atomic E-state index is 5.60. The minimum atomic E-state index is 0. The number of ether oxygens (including phenoxy) is 1. The molecule has 0 aliphatic rings. The first-order valence-electron chi connectivity index (χ1n) is 5.11. The van der Waals surface area contributed by atoms with Crippen molar-refractivity contribution in [3.63, 3.8) is 0 Å². The fourth-order valence-electron chi connectivity index (χ4n) is 1.84. The number of nitrogens with two attached hydrogens (primary N) is 1. The van der Waals surface area contributed by atoms with Crippen LogP contribution in [-0.4, -0.2) is 13.7 Å². The summed E-state index contributed by atoms with van der Waals surface area (Å²) in [6.07, 6.45) is 0.887. The number of fused-ring (bicyclic) bond motifs is 1. The van der Waals surface area contributed by atoms with E-state index >= 15 is 0 Å². The fraction of sp³-hybridized carbons (Fsp3) is 0.231. The predicted octanol–water partition coefficient (Wildman–Crippen LogP) is 2.77.